The molecule has 0 fully saturated rings. The summed E-state index contributed by atoms with van der Waals surface area (Å²) in [5.74, 6) is 0. The maximum absolute atomic E-state index is 5.50. The van der Waals surface area contributed by atoms with Gasteiger partial charge in [-0.25, -0.2) is 4.52 Å². The van der Waals surface area contributed by atoms with E-state index in [1.54, 1.807) is 0 Å². The lowest BCUT2D eigenvalue weighted by Gasteiger charge is -2.34. The minimum atomic E-state index is -0.544. The van der Waals surface area contributed by atoms with Crippen LogP contribution in [0.1, 0.15) is 22.3 Å². The summed E-state index contributed by atoms with van der Waals surface area (Å²) in [5.41, 5.74) is 15.6. The fourth-order valence-corrected chi connectivity index (χ4v) is 10.2. The fourth-order valence-electron chi connectivity index (χ4n) is 10.2. The number of pyridine rings is 1. The van der Waals surface area contributed by atoms with Gasteiger partial charge in [0, 0.05) is 32.8 Å². The molecule has 0 atom stereocenters. The predicted molar refractivity (Wildman–Crippen MR) is 253 cm³/mol. The third kappa shape index (κ3) is 5.27. The SMILES string of the molecule is c1ccc(-c2nn3cc(N(c4cccc5c4-c4ccccc4C5(c4ccccc4)c4ccccc4)c4cccc5ccccc45)c4ccccc4c3c2-c2ccccc2)cc1. The first-order chi connectivity index (χ1) is 30.3. The van der Waals surface area contributed by atoms with Crippen molar-refractivity contribution >= 4 is 44.1 Å². The summed E-state index contributed by atoms with van der Waals surface area (Å²) in [5, 5.41) is 10.1. The normalized spacial score (nSPS) is 12.7. The highest BCUT2D eigenvalue weighted by Gasteiger charge is 2.47. The molecule has 2 heterocycles. The summed E-state index contributed by atoms with van der Waals surface area (Å²) in [6.45, 7) is 0. The van der Waals surface area contributed by atoms with E-state index in [0.29, 0.717) is 0 Å². The van der Waals surface area contributed by atoms with Crippen LogP contribution in [0.3, 0.4) is 0 Å². The third-order valence-corrected chi connectivity index (χ3v) is 12.7. The highest BCUT2D eigenvalue weighted by atomic mass is 15.2. The smallest absolute Gasteiger partial charge is 0.101 e. The van der Waals surface area contributed by atoms with Gasteiger partial charge >= 0.3 is 0 Å². The largest absolute Gasteiger partial charge is 0.307 e. The molecule has 3 nitrogen and oxygen atoms in total. The first kappa shape index (κ1) is 35.0. The van der Waals surface area contributed by atoms with Crippen LogP contribution in [0.4, 0.5) is 17.1 Å². The zero-order valence-electron chi connectivity index (χ0n) is 33.4. The van der Waals surface area contributed by atoms with Gasteiger partial charge < -0.3 is 4.90 Å². The Kier molecular flexibility index (Phi) is 8.07. The van der Waals surface area contributed by atoms with Gasteiger partial charge in [0.1, 0.15) is 5.69 Å². The predicted octanol–water partition coefficient (Wildman–Crippen LogP) is 14.8. The summed E-state index contributed by atoms with van der Waals surface area (Å²) in [6, 6.07) is 83.6. The second-order valence-electron chi connectivity index (χ2n) is 15.9. The molecule has 11 aromatic rings. The van der Waals surface area contributed by atoms with Gasteiger partial charge in [-0.3, -0.25) is 0 Å². The Morgan fingerprint density at radius 3 is 1.62 bits per heavy atom. The lowest BCUT2D eigenvalue weighted by Crippen LogP contribution is -2.28. The number of hydrogen-bond acceptors (Lipinski definition) is 2. The van der Waals surface area contributed by atoms with E-state index in [4.69, 9.17) is 5.10 Å². The topological polar surface area (TPSA) is 20.5 Å². The monoisotopic (exact) mass is 777 g/mol. The Balaban J connectivity index is 1.22. The molecule has 0 saturated carbocycles. The van der Waals surface area contributed by atoms with E-state index >= 15 is 0 Å². The van der Waals surface area contributed by atoms with Crippen LogP contribution in [0, 0.1) is 0 Å². The van der Waals surface area contributed by atoms with Crippen LogP contribution in [0.25, 0.3) is 60.6 Å². The molecule has 12 rings (SSSR count). The van der Waals surface area contributed by atoms with Gasteiger partial charge in [0.25, 0.3) is 0 Å². The van der Waals surface area contributed by atoms with Gasteiger partial charge in [-0.2, -0.15) is 5.10 Å². The van der Waals surface area contributed by atoms with E-state index < -0.39 is 5.41 Å². The highest BCUT2D eigenvalue weighted by molar-refractivity contribution is 6.14. The van der Waals surface area contributed by atoms with Crippen molar-refractivity contribution in [2.45, 2.75) is 5.41 Å². The van der Waals surface area contributed by atoms with E-state index in [1.807, 2.05) is 0 Å². The van der Waals surface area contributed by atoms with E-state index in [0.717, 1.165) is 55.7 Å². The molecule has 0 radical (unpaired) electrons. The number of anilines is 3. The summed E-state index contributed by atoms with van der Waals surface area (Å²) < 4.78 is 2.13. The van der Waals surface area contributed by atoms with Gasteiger partial charge in [-0.05, 0) is 50.9 Å². The molecule has 0 unspecified atom stereocenters. The van der Waals surface area contributed by atoms with E-state index in [1.165, 1.54) is 44.2 Å². The molecule has 286 valence electrons. The molecule has 9 aromatic carbocycles. The number of nitrogens with zero attached hydrogens (tertiary/aromatic N) is 3. The minimum Gasteiger partial charge on any atom is -0.307 e. The summed E-state index contributed by atoms with van der Waals surface area (Å²) >= 11 is 0. The molecule has 3 heteroatoms. The van der Waals surface area contributed by atoms with Crippen molar-refractivity contribution in [3.8, 4) is 33.5 Å². The van der Waals surface area contributed by atoms with Gasteiger partial charge in [-0.15, -0.1) is 0 Å². The van der Waals surface area contributed by atoms with E-state index in [9.17, 15) is 0 Å². The minimum absolute atomic E-state index is 0.544. The van der Waals surface area contributed by atoms with Crippen molar-refractivity contribution in [3.63, 3.8) is 0 Å². The van der Waals surface area contributed by atoms with Crippen molar-refractivity contribution < 1.29 is 0 Å². The quantitative estimate of drug-likeness (QED) is 0.161. The summed E-state index contributed by atoms with van der Waals surface area (Å²) in [7, 11) is 0. The molecular formula is C58H39N3. The van der Waals surface area contributed by atoms with Crippen LogP contribution >= 0.6 is 0 Å². The average Bonchev–Trinajstić information content (AvgIpc) is 3.88. The van der Waals surface area contributed by atoms with Crippen LogP contribution in [0.15, 0.2) is 237 Å². The molecule has 1 aliphatic carbocycles. The summed E-state index contributed by atoms with van der Waals surface area (Å²) in [4.78, 5) is 2.51. The van der Waals surface area contributed by atoms with Crippen LogP contribution < -0.4 is 4.90 Å². The standard InChI is InChI=1S/C58H39N3/c1-5-22-41(23-6-1)54-56(42-24-7-2-8-25-42)59-60-39-53(46-32-15-16-33-47(46)57(54)60)61(51-37-19-26-40-21-13-14-31-45(40)51)52-38-20-36-50-55(52)48-34-17-18-35-49(48)58(50,43-27-9-3-10-28-43)44-29-11-4-12-30-44/h1-39H. The van der Waals surface area contributed by atoms with Gasteiger partial charge in [0.2, 0.25) is 0 Å². The van der Waals surface area contributed by atoms with Crippen LogP contribution in [0.2, 0.25) is 0 Å². The third-order valence-electron chi connectivity index (χ3n) is 12.7. The molecule has 0 spiro atoms. The maximum Gasteiger partial charge on any atom is 0.101 e. The number of aromatic nitrogens is 2. The molecule has 1 aliphatic rings. The number of fused-ring (bicyclic) bond motifs is 7. The van der Waals surface area contributed by atoms with E-state index in [2.05, 4.69) is 246 Å². The molecule has 2 aromatic heterocycles. The van der Waals surface area contributed by atoms with Crippen molar-refractivity contribution in [1.29, 1.82) is 0 Å². The second kappa shape index (κ2) is 14.1. The average molecular weight is 778 g/mol. The zero-order valence-corrected chi connectivity index (χ0v) is 33.4. The van der Waals surface area contributed by atoms with E-state index in [-0.39, 0.29) is 0 Å². The molecule has 0 saturated heterocycles. The molecule has 0 aliphatic heterocycles. The lowest BCUT2D eigenvalue weighted by molar-refractivity contribution is 0.768. The Hall–Kier alpha value is -8.01. The van der Waals surface area contributed by atoms with Crippen molar-refractivity contribution in [2.75, 3.05) is 4.90 Å². The van der Waals surface area contributed by atoms with Crippen LogP contribution in [-0.4, -0.2) is 9.61 Å². The van der Waals surface area contributed by atoms with Gasteiger partial charge in [0.15, 0.2) is 0 Å². The van der Waals surface area contributed by atoms with Gasteiger partial charge in [0.05, 0.1) is 34.2 Å². The van der Waals surface area contributed by atoms with Crippen molar-refractivity contribution in [1.82, 2.24) is 9.61 Å². The Bertz CT molecular complexity index is 3360. The van der Waals surface area contributed by atoms with Crippen molar-refractivity contribution in [2.24, 2.45) is 0 Å². The molecular weight excluding hydrogens is 739 g/mol. The summed E-state index contributed by atoms with van der Waals surface area (Å²) in [6.07, 6.45) is 2.26. The maximum atomic E-state index is 5.50. The second-order valence-corrected chi connectivity index (χ2v) is 15.9. The lowest BCUT2D eigenvalue weighted by atomic mass is 9.68. The Morgan fingerprint density at radius 2 is 0.902 bits per heavy atom. The molecule has 0 bridgehead atoms. The Labute approximate surface area is 355 Å². The van der Waals surface area contributed by atoms with Crippen LogP contribution in [-0.2, 0) is 5.41 Å². The Morgan fingerprint density at radius 1 is 0.377 bits per heavy atom. The number of hydrogen-bond donors (Lipinski definition) is 0. The zero-order chi connectivity index (χ0) is 40.3. The van der Waals surface area contributed by atoms with Gasteiger partial charge in [-0.1, -0.05) is 218 Å². The van der Waals surface area contributed by atoms with Crippen LogP contribution in [0.5, 0.6) is 0 Å². The number of benzene rings is 9. The molecule has 0 amide bonds. The number of rotatable bonds is 7. The first-order valence-electron chi connectivity index (χ1n) is 21.0. The highest BCUT2D eigenvalue weighted by Crippen LogP contribution is 2.60. The molecule has 0 N–H and O–H groups in total. The van der Waals surface area contributed by atoms with Crippen molar-refractivity contribution in [3.05, 3.63) is 259 Å². The fraction of sp³-hybridized carbons (Fsp3) is 0.0172. The molecule has 61 heavy (non-hydrogen) atoms. The first-order valence-corrected chi connectivity index (χ1v) is 21.0.